The number of aromatic hydroxyl groups is 2. The fourth-order valence-corrected chi connectivity index (χ4v) is 4.01. The molecule has 0 spiro atoms. The Morgan fingerprint density at radius 1 is 1.11 bits per heavy atom. The predicted octanol–water partition coefficient (Wildman–Crippen LogP) is 4.17. The second-order valence-corrected chi connectivity index (χ2v) is 8.30. The number of ketones is 1. The molecule has 0 saturated carbocycles. The number of ether oxygens (including phenoxy) is 3. The van der Waals surface area contributed by atoms with Gasteiger partial charge in [-0.25, -0.2) is 9.07 Å². The molecule has 1 aliphatic rings. The zero-order chi connectivity index (χ0) is 25.2. The van der Waals surface area contributed by atoms with E-state index < -0.39 is 6.10 Å². The first-order valence-corrected chi connectivity index (χ1v) is 11.1. The lowest BCUT2D eigenvalue weighted by molar-refractivity contribution is 0.0844. The van der Waals surface area contributed by atoms with E-state index in [-0.39, 0.29) is 53.2 Å². The Balaban J connectivity index is 1.29. The summed E-state index contributed by atoms with van der Waals surface area (Å²) in [5, 5.41) is 28.7. The lowest BCUT2D eigenvalue weighted by Crippen LogP contribution is -2.20. The van der Waals surface area contributed by atoms with Crippen LogP contribution in [0.25, 0.3) is 0 Å². The zero-order valence-electron chi connectivity index (χ0n) is 19.2. The Hall–Kier alpha value is -4.60. The van der Waals surface area contributed by atoms with E-state index in [9.17, 15) is 19.4 Å². The van der Waals surface area contributed by atoms with E-state index in [1.165, 1.54) is 37.4 Å². The summed E-state index contributed by atoms with van der Waals surface area (Å²) in [6.07, 6.45) is 1.06. The molecule has 2 N–H and O–H groups in total. The summed E-state index contributed by atoms with van der Waals surface area (Å²) in [5.74, 6) is -0.132. The number of phenolic OH excluding ortho intramolecular Hbond substituents is 2. The molecule has 4 aromatic rings. The molecule has 1 aromatic heterocycles. The van der Waals surface area contributed by atoms with Crippen LogP contribution in [0.1, 0.15) is 39.7 Å². The molecule has 9 nitrogen and oxygen atoms in total. The van der Waals surface area contributed by atoms with Crippen LogP contribution in [0.3, 0.4) is 0 Å². The molecule has 3 aromatic carbocycles. The minimum absolute atomic E-state index is 0.00366. The standard InChI is InChI=1S/C26H22FN3O6/c1-34-23-7-4-16(8-20(23)31)24-11-22(33)26-21(32)9-19(10-25(26)36-24)35-14-18-13-30(29-28-18)12-15-2-5-17(27)6-3-15/h2-10,13,24,31-32H,11-12,14H2,1H3/t24-/m0/s1. The number of halogens is 1. The van der Waals surface area contributed by atoms with Crippen molar-refractivity contribution in [3.63, 3.8) is 0 Å². The summed E-state index contributed by atoms with van der Waals surface area (Å²) in [7, 11) is 1.45. The van der Waals surface area contributed by atoms with E-state index in [1.54, 1.807) is 35.1 Å². The third-order valence-electron chi connectivity index (χ3n) is 5.78. The van der Waals surface area contributed by atoms with Gasteiger partial charge in [0.25, 0.3) is 0 Å². The van der Waals surface area contributed by atoms with Gasteiger partial charge in [-0.05, 0) is 35.4 Å². The highest BCUT2D eigenvalue weighted by Gasteiger charge is 2.31. The average molecular weight is 491 g/mol. The van der Waals surface area contributed by atoms with Crippen molar-refractivity contribution in [2.24, 2.45) is 0 Å². The highest BCUT2D eigenvalue weighted by Crippen LogP contribution is 2.43. The van der Waals surface area contributed by atoms with Crippen LogP contribution in [0.4, 0.5) is 4.39 Å². The number of nitrogens with zero attached hydrogens (tertiary/aromatic N) is 3. The van der Waals surface area contributed by atoms with Gasteiger partial charge in [0.2, 0.25) is 0 Å². The lowest BCUT2D eigenvalue weighted by Gasteiger charge is -2.26. The van der Waals surface area contributed by atoms with Gasteiger partial charge in [-0.2, -0.15) is 0 Å². The Morgan fingerprint density at radius 3 is 2.67 bits per heavy atom. The van der Waals surface area contributed by atoms with Gasteiger partial charge in [-0.1, -0.05) is 23.4 Å². The van der Waals surface area contributed by atoms with Crippen LogP contribution < -0.4 is 14.2 Å². The van der Waals surface area contributed by atoms with Crippen LogP contribution in [-0.4, -0.2) is 38.1 Å². The fraction of sp³-hybridized carbons (Fsp3) is 0.192. The minimum atomic E-state index is -0.650. The minimum Gasteiger partial charge on any atom is -0.507 e. The summed E-state index contributed by atoms with van der Waals surface area (Å²) in [4.78, 5) is 12.8. The first kappa shape index (κ1) is 23.2. The highest BCUT2D eigenvalue weighted by molar-refractivity contribution is 6.02. The molecule has 36 heavy (non-hydrogen) atoms. The van der Waals surface area contributed by atoms with E-state index in [0.717, 1.165) is 5.56 Å². The summed E-state index contributed by atoms with van der Waals surface area (Å²) in [6.45, 7) is 0.483. The Morgan fingerprint density at radius 2 is 1.92 bits per heavy atom. The van der Waals surface area contributed by atoms with Crippen molar-refractivity contribution in [1.82, 2.24) is 15.0 Å². The molecule has 0 unspecified atom stereocenters. The smallest absolute Gasteiger partial charge is 0.174 e. The number of fused-ring (bicyclic) bond motifs is 1. The molecule has 2 heterocycles. The Labute approximate surface area is 205 Å². The van der Waals surface area contributed by atoms with Crippen LogP contribution in [-0.2, 0) is 13.2 Å². The number of phenols is 2. The van der Waals surface area contributed by atoms with Gasteiger partial charge in [0.05, 0.1) is 26.3 Å². The number of carbonyl (C=O) groups is 1. The summed E-state index contributed by atoms with van der Waals surface area (Å²) in [6, 6.07) is 13.8. The molecular weight excluding hydrogens is 469 g/mol. The van der Waals surface area contributed by atoms with Crippen molar-refractivity contribution in [3.8, 4) is 28.7 Å². The van der Waals surface area contributed by atoms with Crippen LogP contribution >= 0.6 is 0 Å². The molecule has 184 valence electrons. The molecule has 0 aliphatic carbocycles. The van der Waals surface area contributed by atoms with Crippen LogP contribution in [0.2, 0.25) is 0 Å². The van der Waals surface area contributed by atoms with Gasteiger partial charge in [0.1, 0.15) is 47.0 Å². The first-order valence-electron chi connectivity index (χ1n) is 11.1. The maximum Gasteiger partial charge on any atom is 0.174 e. The van der Waals surface area contributed by atoms with E-state index in [1.807, 2.05) is 0 Å². The number of Topliss-reactive ketones (excluding diaryl/α,β-unsaturated/α-hetero) is 1. The topological polar surface area (TPSA) is 116 Å². The Bertz CT molecular complexity index is 1420. The second kappa shape index (κ2) is 9.57. The predicted molar refractivity (Wildman–Crippen MR) is 125 cm³/mol. The largest absolute Gasteiger partial charge is 0.507 e. The third kappa shape index (κ3) is 4.78. The quantitative estimate of drug-likeness (QED) is 0.396. The molecule has 0 saturated heterocycles. The molecule has 1 atom stereocenters. The number of carbonyl (C=O) groups excluding carboxylic acids is 1. The number of hydrogen-bond donors (Lipinski definition) is 2. The summed E-state index contributed by atoms with van der Waals surface area (Å²) in [5.41, 5.74) is 2.09. The van der Waals surface area contributed by atoms with Gasteiger partial charge >= 0.3 is 0 Å². The van der Waals surface area contributed by atoms with Crippen LogP contribution in [0.15, 0.2) is 60.8 Å². The lowest BCUT2D eigenvalue weighted by atomic mass is 9.95. The molecule has 0 fully saturated rings. The first-order chi connectivity index (χ1) is 17.4. The summed E-state index contributed by atoms with van der Waals surface area (Å²) >= 11 is 0. The van der Waals surface area contributed by atoms with Gasteiger partial charge in [0.15, 0.2) is 17.3 Å². The molecule has 0 amide bonds. The van der Waals surface area contributed by atoms with Crippen LogP contribution in [0, 0.1) is 5.82 Å². The molecular formula is C26H22FN3O6. The number of benzene rings is 3. The molecule has 10 heteroatoms. The molecule has 5 rings (SSSR count). The number of hydrogen-bond acceptors (Lipinski definition) is 8. The molecule has 0 bridgehead atoms. The molecule has 0 radical (unpaired) electrons. The van der Waals surface area contributed by atoms with Gasteiger partial charge in [0, 0.05) is 12.1 Å². The number of aromatic nitrogens is 3. The number of rotatable bonds is 7. The van der Waals surface area contributed by atoms with Gasteiger partial charge in [-0.15, -0.1) is 5.10 Å². The normalized spacial score (nSPS) is 14.7. The van der Waals surface area contributed by atoms with Crippen molar-refractivity contribution in [3.05, 3.63) is 89.0 Å². The summed E-state index contributed by atoms with van der Waals surface area (Å²) < 4.78 is 31.5. The van der Waals surface area contributed by atoms with Crippen LogP contribution in [0.5, 0.6) is 28.7 Å². The van der Waals surface area contributed by atoms with E-state index in [4.69, 9.17) is 14.2 Å². The maximum absolute atomic E-state index is 13.1. The number of methoxy groups -OCH3 is 1. The Kier molecular flexibility index (Phi) is 6.16. The van der Waals surface area contributed by atoms with Gasteiger partial charge in [-0.3, -0.25) is 4.79 Å². The monoisotopic (exact) mass is 491 g/mol. The van der Waals surface area contributed by atoms with Crippen molar-refractivity contribution in [2.75, 3.05) is 7.11 Å². The zero-order valence-corrected chi connectivity index (χ0v) is 19.2. The SMILES string of the molecule is COc1ccc([C@@H]2CC(=O)c3c(O)cc(OCc4cn(Cc5ccc(F)cc5)nn4)cc3O2)cc1O. The maximum atomic E-state index is 13.1. The fourth-order valence-electron chi connectivity index (χ4n) is 4.01. The van der Waals surface area contributed by atoms with E-state index in [2.05, 4.69) is 10.3 Å². The highest BCUT2D eigenvalue weighted by atomic mass is 19.1. The van der Waals surface area contributed by atoms with Crippen molar-refractivity contribution in [1.29, 1.82) is 0 Å². The molecule has 1 aliphatic heterocycles. The third-order valence-corrected chi connectivity index (χ3v) is 5.78. The second-order valence-electron chi connectivity index (χ2n) is 8.30. The van der Waals surface area contributed by atoms with Gasteiger partial charge < -0.3 is 24.4 Å². The van der Waals surface area contributed by atoms with Crippen molar-refractivity contribution in [2.45, 2.75) is 25.7 Å². The van der Waals surface area contributed by atoms with Crippen molar-refractivity contribution < 1.29 is 33.6 Å². The average Bonchev–Trinajstić information content (AvgIpc) is 3.31. The van der Waals surface area contributed by atoms with E-state index in [0.29, 0.717) is 23.6 Å². The van der Waals surface area contributed by atoms with Crippen molar-refractivity contribution >= 4 is 5.78 Å². The van der Waals surface area contributed by atoms with E-state index >= 15 is 0 Å².